The summed E-state index contributed by atoms with van der Waals surface area (Å²) >= 11 is 0. The average Bonchev–Trinajstić information content (AvgIpc) is 2.63. The number of aliphatic hydroxyl groups is 2. The van der Waals surface area contributed by atoms with Crippen LogP contribution < -0.4 is 0 Å². The summed E-state index contributed by atoms with van der Waals surface area (Å²) in [4.78, 5) is 0. The second-order valence-corrected chi connectivity index (χ2v) is 7.00. The topological polar surface area (TPSA) is 60.7 Å². The van der Waals surface area contributed by atoms with E-state index in [4.69, 9.17) is 0 Å². The lowest BCUT2D eigenvalue weighted by molar-refractivity contribution is 0.0108. The number of phenols is 1. The van der Waals surface area contributed by atoms with E-state index in [0.717, 1.165) is 18.2 Å². The van der Waals surface area contributed by atoms with Gasteiger partial charge in [-0.2, -0.15) is 0 Å². The summed E-state index contributed by atoms with van der Waals surface area (Å²) in [5.74, 6) is 0.0700. The van der Waals surface area contributed by atoms with Crippen LogP contribution in [-0.2, 0) is 0 Å². The third-order valence-electron chi connectivity index (χ3n) is 4.97. The highest BCUT2D eigenvalue weighted by atomic mass is 16.3. The Bertz CT molecular complexity index is 638. The molecule has 2 atom stereocenters. The van der Waals surface area contributed by atoms with Gasteiger partial charge in [-0.25, -0.2) is 0 Å². The first-order valence-corrected chi connectivity index (χ1v) is 9.72. The molecule has 25 heavy (non-hydrogen) atoms. The molecule has 2 aromatic carbocycles. The fourth-order valence-electron chi connectivity index (χ4n) is 3.36. The minimum atomic E-state index is -1.05. The van der Waals surface area contributed by atoms with E-state index >= 15 is 0 Å². The van der Waals surface area contributed by atoms with Crippen LogP contribution in [0.1, 0.15) is 76.4 Å². The summed E-state index contributed by atoms with van der Waals surface area (Å²) in [6.45, 7) is 2.22. The van der Waals surface area contributed by atoms with Gasteiger partial charge in [-0.3, -0.25) is 0 Å². The summed E-state index contributed by atoms with van der Waals surface area (Å²) in [7, 11) is 0. The second kappa shape index (κ2) is 10.4. The summed E-state index contributed by atoms with van der Waals surface area (Å²) in [5.41, 5.74) is 0.408. The first-order valence-electron chi connectivity index (χ1n) is 9.72. The highest BCUT2D eigenvalue weighted by molar-refractivity contribution is 5.89. The standard InChI is InChI=1S/C22H32O3/c1-2-3-4-5-6-7-8-9-14-20(23)22(25)19-16-15-17-12-10-11-13-18(17)21(19)24/h10-13,15-16,20,22-25H,2-9,14H2,1H3. The number of hydrogen-bond acceptors (Lipinski definition) is 3. The van der Waals surface area contributed by atoms with Gasteiger partial charge in [-0.15, -0.1) is 0 Å². The Morgan fingerprint density at radius 3 is 2.16 bits per heavy atom. The van der Waals surface area contributed by atoms with E-state index < -0.39 is 12.2 Å². The van der Waals surface area contributed by atoms with E-state index in [2.05, 4.69) is 6.92 Å². The molecule has 0 radical (unpaired) electrons. The van der Waals surface area contributed by atoms with Crippen LogP contribution >= 0.6 is 0 Å². The van der Waals surface area contributed by atoms with Gasteiger partial charge in [0.05, 0.1) is 6.10 Å². The van der Waals surface area contributed by atoms with Crippen LogP contribution in [0.2, 0.25) is 0 Å². The zero-order valence-electron chi connectivity index (χ0n) is 15.3. The molecule has 0 saturated carbocycles. The number of rotatable bonds is 11. The summed E-state index contributed by atoms with van der Waals surface area (Å²) in [6.07, 6.45) is 8.30. The van der Waals surface area contributed by atoms with Crippen LogP contribution in [0.25, 0.3) is 10.8 Å². The molecule has 0 heterocycles. The number of aromatic hydroxyl groups is 1. The number of phenolic OH excluding ortho intramolecular Hbond substituents is 1. The van der Waals surface area contributed by atoms with Gasteiger partial charge in [0.15, 0.2) is 0 Å². The monoisotopic (exact) mass is 344 g/mol. The fourth-order valence-corrected chi connectivity index (χ4v) is 3.36. The highest BCUT2D eigenvalue weighted by Gasteiger charge is 2.21. The van der Waals surface area contributed by atoms with Crippen molar-refractivity contribution in [1.82, 2.24) is 0 Å². The smallest absolute Gasteiger partial charge is 0.129 e. The molecule has 2 rings (SSSR count). The molecule has 0 aliphatic carbocycles. The van der Waals surface area contributed by atoms with Crippen molar-refractivity contribution >= 4 is 10.8 Å². The molecular weight excluding hydrogens is 312 g/mol. The van der Waals surface area contributed by atoms with Crippen molar-refractivity contribution in [3.8, 4) is 5.75 Å². The third kappa shape index (κ3) is 5.72. The van der Waals surface area contributed by atoms with Crippen molar-refractivity contribution in [2.75, 3.05) is 0 Å². The largest absolute Gasteiger partial charge is 0.507 e. The van der Waals surface area contributed by atoms with Crippen molar-refractivity contribution in [2.45, 2.75) is 76.9 Å². The van der Waals surface area contributed by atoms with Crippen LogP contribution in [0.3, 0.4) is 0 Å². The first kappa shape index (κ1) is 19.7. The lowest BCUT2D eigenvalue weighted by atomic mass is 9.96. The Kier molecular flexibility index (Phi) is 8.23. The maximum Gasteiger partial charge on any atom is 0.129 e. The van der Waals surface area contributed by atoms with Gasteiger partial charge in [-0.05, 0) is 11.8 Å². The Labute approximate surface area is 151 Å². The molecule has 0 saturated heterocycles. The van der Waals surface area contributed by atoms with E-state index in [1.165, 1.54) is 38.5 Å². The molecular formula is C22H32O3. The summed E-state index contributed by atoms with van der Waals surface area (Å²) in [6, 6.07) is 11.1. The third-order valence-corrected chi connectivity index (χ3v) is 4.97. The van der Waals surface area contributed by atoms with Crippen molar-refractivity contribution in [2.24, 2.45) is 0 Å². The quantitative estimate of drug-likeness (QED) is 0.474. The maximum atomic E-state index is 10.4. The van der Waals surface area contributed by atoms with E-state index in [0.29, 0.717) is 17.4 Å². The van der Waals surface area contributed by atoms with Crippen LogP contribution in [-0.4, -0.2) is 21.4 Å². The predicted octanol–water partition coefficient (Wildman–Crippen LogP) is 5.47. The molecule has 3 N–H and O–H groups in total. The first-order chi connectivity index (χ1) is 12.1. The minimum Gasteiger partial charge on any atom is -0.507 e. The van der Waals surface area contributed by atoms with Crippen LogP contribution in [0.5, 0.6) is 5.75 Å². The van der Waals surface area contributed by atoms with Gasteiger partial charge in [-0.1, -0.05) is 94.7 Å². The number of benzene rings is 2. The SMILES string of the molecule is CCCCCCCCCCC(O)C(O)c1ccc2ccccc2c1O. The van der Waals surface area contributed by atoms with Crippen molar-refractivity contribution in [1.29, 1.82) is 0 Å². The van der Waals surface area contributed by atoms with E-state index in [1.807, 2.05) is 30.3 Å². The molecule has 0 amide bonds. The molecule has 0 aliphatic rings. The molecule has 0 bridgehead atoms. The van der Waals surface area contributed by atoms with Gasteiger partial charge in [0.2, 0.25) is 0 Å². The van der Waals surface area contributed by atoms with E-state index in [9.17, 15) is 15.3 Å². The summed E-state index contributed by atoms with van der Waals surface area (Å²) < 4.78 is 0. The Morgan fingerprint density at radius 2 is 1.44 bits per heavy atom. The highest BCUT2D eigenvalue weighted by Crippen LogP contribution is 2.34. The van der Waals surface area contributed by atoms with Crippen LogP contribution in [0.15, 0.2) is 36.4 Å². The fraction of sp³-hybridized carbons (Fsp3) is 0.545. The molecule has 0 fully saturated rings. The zero-order chi connectivity index (χ0) is 18.1. The molecule has 3 heteroatoms. The number of fused-ring (bicyclic) bond motifs is 1. The predicted molar refractivity (Wildman–Crippen MR) is 104 cm³/mol. The molecule has 3 nitrogen and oxygen atoms in total. The maximum absolute atomic E-state index is 10.4. The minimum absolute atomic E-state index is 0.0700. The van der Waals surface area contributed by atoms with Gasteiger partial charge in [0.1, 0.15) is 11.9 Å². The van der Waals surface area contributed by atoms with Gasteiger partial charge < -0.3 is 15.3 Å². The number of unbranched alkanes of at least 4 members (excludes halogenated alkanes) is 7. The van der Waals surface area contributed by atoms with Crippen molar-refractivity contribution < 1.29 is 15.3 Å². The Balaban J connectivity index is 1.80. The Morgan fingerprint density at radius 1 is 0.800 bits per heavy atom. The Hall–Kier alpha value is -1.58. The van der Waals surface area contributed by atoms with Gasteiger partial charge in [0, 0.05) is 10.9 Å². The van der Waals surface area contributed by atoms with Gasteiger partial charge >= 0.3 is 0 Å². The molecule has 0 aliphatic heterocycles. The molecule has 0 aromatic heterocycles. The molecule has 2 unspecified atom stereocenters. The average molecular weight is 344 g/mol. The van der Waals surface area contributed by atoms with E-state index in [-0.39, 0.29) is 5.75 Å². The normalized spacial score (nSPS) is 13.9. The number of hydrogen-bond donors (Lipinski definition) is 3. The zero-order valence-corrected chi connectivity index (χ0v) is 15.3. The van der Waals surface area contributed by atoms with Crippen molar-refractivity contribution in [3.63, 3.8) is 0 Å². The van der Waals surface area contributed by atoms with Gasteiger partial charge in [0.25, 0.3) is 0 Å². The molecule has 2 aromatic rings. The molecule has 0 spiro atoms. The summed E-state index contributed by atoms with van der Waals surface area (Å²) in [5, 5.41) is 32.7. The lowest BCUT2D eigenvalue weighted by Gasteiger charge is -2.20. The van der Waals surface area contributed by atoms with Crippen molar-refractivity contribution in [3.05, 3.63) is 42.0 Å². The lowest BCUT2D eigenvalue weighted by Crippen LogP contribution is -2.18. The molecule has 138 valence electrons. The van der Waals surface area contributed by atoms with E-state index in [1.54, 1.807) is 6.07 Å². The van der Waals surface area contributed by atoms with Crippen LogP contribution in [0, 0.1) is 0 Å². The second-order valence-electron chi connectivity index (χ2n) is 7.00. The van der Waals surface area contributed by atoms with Crippen LogP contribution in [0.4, 0.5) is 0 Å². The number of aliphatic hydroxyl groups excluding tert-OH is 2.